The van der Waals surface area contributed by atoms with Crippen LogP contribution < -0.4 is 0 Å². The number of aliphatic hydroxyl groups excluding tert-OH is 1. The lowest BCUT2D eigenvalue weighted by Gasteiger charge is -2.56. The summed E-state index contributed by atoms with van der Waals surface area (Å²) in [5.41, 5.74) is 2.26. The molecule has 0 heterocycles. The maximum Gasteiger partial charge on any atom is 0.0596 e. The number of rotatable bonds is 0. The Labute approximate surface area is 123 Å². The average molecular weight is 272 g/mol. The smallest absolute Gasteiger partial charge is 0.0596 e. The normalized spacial score (nSPS) is 53.9. The second-order valence-corrected chi connectivity index (χ2v) is 8.20. The van der Waals surface area contributed by atoms with Crippen molar-refractivity contribution in [3.8, 4) is 0 Å². The highest BCUT2D eigenvalue weighted by Crippen LogP contribution is 2.64. The molecule has 4 aliphatic rings. The maximum absolute atomic E-state index is 10.4. The number of allylic oxidation sites excluding steroid dienone is 4. The fourth-order valence-corrected chi connectivity index (χ4v) is 6.31. The number of hydrogen-bond acceptors (Lipinski definition) is 1. The lowest BCUT2D eigenvalue weighted by molar-refractivity contribution is -0.0616. The minimum atomic E-state index is -0.0416. The number of hydrogen-bond donors (Lipinski definition) is 1. The van der Waals surface area contributed by atoms with Gasteiger partial charge in [-0.25, -0.2) is 0 Å². The molecule has 3 saturated carbocycles. The van der Waals surface area contributed by atoms with Crippen molar-refractivity contribution < 1.29 is 5.11 Å². The van der Waals surface area contributed by atoms with Crippen molar-refractivity contribution in [2.24, 2.45) is 28.6 Å². The van der Waals surface area contributed by atoms with Gasteiger partial charge in [0.2, 0.25) is 0 Å². The van der Waals surface area contributed by atoms with Crippen LogP contribution in [0, 0.1) is 28.6 Å². The molecule has 110 valence electrons. The molecule has 0 aliphatic heterocycles. The molecule has 4 aliphatic carbocycles. The molecule has 1 N–H and O–H groups in total. The summed E-state index contributed by atoms with van der Waals surface area (Å²) in [5.74, 6) is 2.43. The predicted molar refractivity (Wildman–Crippen MR) is 82.2 cm³/mol. The number of fused-ring (bicyclic) bond motifs is 5. The van der Waals surface area contributed by atoms with E-state index in [-0.39, 0.29) is 11.5 Å². The Morgan fingerprint density at radius 2 is 1.95 bits per heavy atom. The summed E-state index contributed by atoms with van der Waals surface area (Å²) in [4.78, 5) is 0. The van der Waals surface area contributed by atoms with E-state index in [1.54, 1.807) is 5.57 Å². The topological polar surface area (TPSA) is 20.2 Å². The van der Waals surface area contributed by atoms with Gasteiger partial charge in [-0.05, 0) is 68.1 Å². The van der Waals surface area contributed by atoms with E-state index in [0.29, 0.717) is 5.41 Å². The van der Waals surface area contributed by atoms with Crippen LogP contribution in [-0.4, -0.2) is 11.2 Å². The molecule has 6 atom stereocenters. The standard InChI is InChI=1S/C19H28O/c1-18-11-4-3-5-13(18)6-7-14-15-8-9-17(20)19(15,2)12-10-16(14)18/h4-5,11,14-17,20H,3,6-10,12H2,1-2H3/t14-,15-,16-,17-,18-,19-/m0/s1. The van der Waals surface area contributed by atoms with Crippen LogP contribution in [0.2, 0.25) is 0 Å². The Bertz CT molecular complexity index is 476. The van der Waals surface area contributed by atoms with Gasteiger partial charge in [0.05, 0.1) is 6.10 Å². The first-order valence-corrected chi connectivity index (χ1v) is 8.61. The maximum atomic E-state index is 10.4. The Kier molecular flexibility index (Phi) is 2.77. The van der Waals surface area contributed by atoms with Gasteiger partial charge in [0.1, 0.15) is 0 Å². The van der Waals surface area contributed by atoms with Gasteiger partial charge >= 0.3 is 0 Å². The molecule has 20 heavy (non-hydrogen) atoms. The molecule has 1 heteroatoms. The summed E-state index contributed by atoms with van der Waals surface area (Å²) < 4.78 is 0. The molecule has 4 rings (SSSR count). The summed E-state index contributed by atoms with van der Waals surface area (Å²) in [6, 6.07) is 0. The zero-order valence-electron chi connectivity index (χ0n) is 12.9. The van der Waals surface area contributed by atoms with E-state index in [0.717, 1.165) is 30.6 Å². The molecule has 1 nitrogen and oxygen atoms in total. The van der Waals surface area contributed by atoms with Gasteiger partial charge in [0, 0.05) is 5.41 Å². The van der Waals surface area contributed by atoms with E-state index in [4.69, 9.17) is 0 Å². The van der Waals surface area contributed by atoms with Crippen molar-refractivity contribution in [2.75, 3.05) is 0 Å². The van der Waals surface area contributed by atoms with Gasteiger partial charge in [-0.1, -0.05) is 37.6 Å². The zero-order chi connectivity index (χ0) is 14.0. The third kappa shape index (κ3) is 1.53. The Balaban J connectivity index is 1.70. The fourth-order valence-electron chi connectivity index (χ4n) is 6.31. The Morgan fingerprint density at radius 3 is 2.80 bits per heavy atom. The largest absolute Gasteiger partial charge is 0.393 e. The molecular weight excluding hydrogens is 244 g/mol. The van der Waals surface area contributed by atoms with Crippen molar-refractivity contribution in [1.29, 1.82) is 0 Å². The zero-order valence-corrected chi connectivity index (χ0v) is 12.9. The van der Waals surface area contributed by atoms with Gasteiger partial charge in [0.15, 0.2) is 0 Å². The van der Waals surface area contributed by atoms with E-state index in [1.165, 1.54) is 32.1 Å². The fraction of sp³-hybridized carbons (Fsp3) is 0.789. The van der Waals surface area contributed by atoms with Crippen LogP contribution in [0.5, 0.6) is 0 Å². The SMILES string of the molecule is C[C@]12CC[C@H]3[C@@H](CCC4=CCC=C[C@@]43C)[C@@H]1CC[C@@H]2O. The second-order valence-electron chi connectivity index (χ2n) is 8.20. The molecule has 0 amide bonds. The highest BCUT2D eigenvalue weighted by atomic mass is 16.3. The summed E-state index contributed by atoms with van der Waals surface area (Å²) in [6.45, 7) is 4.86. The van der Waals surface area contributed by atoms with E-state index >= 15 is 0 Å². The van der Waals surface area contributed by atoms with Gasteiger partial charge < -0.3 is 5.11 Å². The van der Waals surface area contributed by atoms with Crippen LogP contribution in [-0.2, 0) is 0 Å². The number of aliphatic hydroxyl groups is 1. The van der Waals surface area contributed by atoms with Gasteiger partial charge in [0.25, 0.3) is 0 Å². The highest BCUT2D eigenvalue weighted by molar-refractivity contribution is 5.31. The Hall–Kier alpha value is -0.560. The highest BCUT2D eigenvalue weighted by Gasteiger charge is 2.57. The summed E-state index contributed by atoms with van der Waals surface area (Å²) >= 11 is 0. The quantitative estimate of drug-likeness (QED) is 0.645. The van der Waals surface area contributed by atoms with Crippen LogP contribution in [0.4, 0.5) is 0 Å². The van der Waals surface area contributed by atoms with Crippen LogP contribution in [0.25, 0.3) is 0 Å². The summed E-state index contributed by atoms with van der Waals surface area (Å²) in [6.07, 6.45) is 16.0. The molecule has 0 aromatic rings. The Morgan fingerprint density at radius 1 is 1.10 bits per heavy atom. The molecule has 0 unspecified atom stereocenters. The molecule has 0 aromatic heterocycles. The van der Waals surface area contributed by atoms with Crippen molar-refractivity contribution in [3.63, 3.8) is 0 Å². The summed E-state index contributed by atoms with van der Waals surface area (Å²) in [5, 5.41) is 10.4. The van der Waals surface area contributed by atoms with Crippen molar-refractivity contribution in [3.05, 3.63) is 23.8 Å². The minimum Gasteiger partial charge on any atom is -0.393 e. The van der Waals surface area contributed by atoms with Crippen molar-refractivity contribution in [1.82, 2.24) is 0 Å². The molecule has 3 fully saturated rings. The van der Waals surface area contributed by atoms with Gasteiger partial charge in [-0.2, -0.15) is 0 Å². The van der Waals surface area contributed by atoms with Crippen LogP contribution in [0.3, 0.4) is 0 Å². The molecular formula is C19H28O. The molecule has 0 aromatic carbocycles. The first-order valence-electron chi connectivity index (χ1n) is 8.61. The lowest BCUT2D eigenvalue weighted by atomic mass is 9.48. The van der Waals surface area contributed by atoms with E-state index in [9.17, 15) is 5.11 Å². The van der Waals surface area contributed by atoms with Gasteiger partial charge in [-0.15, -0.1) is 0 Å². The second kappa shape index (κ2) is 4.22. The van der Waals surface area contributed by atoms with Crippen molar-refractivity contribution in [2.45, 2.75) is 64.9 Å². The van der Waals surface area contributed by atoms with E-state index in [2.05, 4.69) is 32.1 Å². The van der Waals surface area contributed by atoms with Crippen molar-refractivity contribution >= 4 is 0 Å². The molecule has 0 radical (unpaired) electrons. The molecule has 0 spiro atoms. The predicted octanol–water partition coefficient (Wildman–Crippen LogP) is 4.48. The molecule has 0 bridgehead atoms. The van der Waals surface area contributed by atoms with Crippen LogP contribution >= 0.6 is 0 Å². The third-order valence-corrected chi connectivity index (χ3v) is 7.56. The van der Waals surface area contributed by atoms with Crippen LogP contribution in [0.15, 0.2) is 23.8 Å². The first-order chi connectivity index (χ1) is 9.56. The average Bonchev–Trinajstić information content (AvgIpc) is 2.74. The first kappa shape index (κ1) is 13.1. The summed E-state index contributed by atoms with van der Waals surface area (Å²) in [7, 11) is 0. The molecule has 0 saturated heterocycles. The lowest BCUT2D eigenvalue weighted by Crippen LogP contribution is -2.50. The monoisotopic (exact) mass is 272 g/mol. The van der Waals surface area contributed by atoms with Crippen LogP contribution in [0.1, 0.15) is 58.8 Å². The van der Waals surface area contributed by atoms with E-state index in [1.807, 2.05) is 0 Å². The third-order valence-electron chi connectivity index (χ3n) is 7.56. The van der Waals surface area contributed by atoms with E-state index < -0.39 is 0 Å². The van der Waals surface area contributed by atoms with Gasteiger partial charge in [-0.3, -0.25) is 0 Å². The minimum absolute atomic E-state index is 0.0416.